The van der Waals surface area contributed by atoms with Crippen LogP contribution in [0, 0.1) is 17.3 Å². The van der Waals surface area contributed by atoms with Crippen LogP contribution in [0.25, 0.3) is 0 Å². The fourth-order valence-corrected chi connectivity index (χ4v) is 0.866. The minimum Gasteiger partial charge on any atom is -1.00 e. The zero-order valence-electron chi connectivity index (χ0n) is 8.66. The van der Waals surface area contributed by atoms with Crippen LogP contribution < -0.4 is 12.4 Å². The van der Waals surface area contributed by atoms with Gasteiger partial charge in [0.1, 0.15) is 0 Å². The largest absolute Gasteiger partial charge is 2.00 e. The van der Waals surface area contributed by atoms with E-state index in [0.717, 1.165) is 5.92 Å². The molecule has 0 saturated carbocycles. The van der Waals surface area contributed by atoms with Gasteiger partial charge in [0, 0.05) is 0 Å². The fourth-order valence-electron chi connectivity index (χ4n) is 0.866. The average Bonchev–Trinajstić information content (AvgIpc) is 1.62. The molecule has 0 bridgehead atoms. The minimum absolute atomic E-state index is 0. The summed E-state index contributed by atoms with van der Waals surface area (Å²) >= 11 is 0. The Morgan fingerprint density at radius 1 is 1.09 bits per heavy atom. The molecule has 0 aromatic carbocycles. The van der Waals surface area contributed by atoms with E-state index in [-0.39, 0.29) is 35.5 Å². The Labute approximate surface area is 94.1 Å². The van der Waals surface area contributed by atoms with Crippen molar-refractivity contribution >= 4 is 23.1 Å². The first-order chi connectivity index (χ1) is 3.85. The molecule has 0 aliphatic rings. The van der Waals surface area contributed by atoms with E-state index in [4.69, 9.17) is 0 Å². The van der Waals surface area contributed by atoms with E-state index in [9.17, 15) is 0 Å². The number of halogens is 1. The Morgan fingerprint density at radius 3 is 1.36 bits per heavy atom. The van der Waals surface area contributed by atoms with E-state index >= 15 is 0 Å². The maximum absolute atomic E-state index is 2.27. The van der Waals surface area contributed by atoms with Gasteiger partial charge in [-0.3, -0.25) is 0 Å². The van der Waals surface area contributed by atoms with Gasteiger partial charge >= 0.3 is 23.1 Å². The molecule has 0 spiro atoms. The topological polar surface area (TPSA) is 0 Å². The van der Waals surface area contributed by atoms with Crippen LogP contribution in [-0.4, -0.2) is 23.1 Å². The summed E-state index contributed by atoms with van der Waals surface area (Å²) in [6.07, 6.45) is 0. The van der Waals surface area contributed by atoms with Crippen LogP contribution in [0.4, 0.5) is 0 Å². The molecular formula is C9H19ClMg. The molecule has 64 valence electrons. The zero-order chi connectivity index (χ0) is 7.65. The smallest absolute Gasteiger partial charge is 1.00 e. The first-order valence-electron chi connectivity index (χ1n) is 3.69. The number of rotatable bonds is 1. The van der Waals surface area contributed by atoms with Gasteiger partial charge in [-0.1, -0.05) is 34.6 Å². The molecule has 0 heterocycles. The van der Waals surface area contributed by atoms with Crippen LogP contribution >= 0.6 is 0 Å². The van der Waals surface area contributed by atoms with E-state index in [2.05, 4.69) is 41.5 Å². The molecule has 11 heavy (non-hydrogen) atoms. The first-order valence-corrected chi connectivity index (χ1v) is 3.69. The van der Waals surface area contributed by atoms with Gasteiger partial charge in [0.2, 0.25) is 0 Å². The number of hydrogen-bond acceptors (Lipinski definition) is 0. The second-order valence-electron chi connectivity index (χ2n) is 4.09. The third-order valence-electron chi connectivity index (χ3n) is 2.05. The summed E-state index contributed by atoms with van der Waals surface area (Å²) < 4.78 is 0. The van der Waals surface area contributed by atoms with Crippen molar-refractivity contribution in [3.8, 4) is 0 Å². The molecule has 0 saturated heterocycles. The molecule has 0 radical (unpaired) electrons. The molecule has 0 aromatic heterocycles. The summed E-state index contributed by atoms with van der Waals surface area (Å²) in [5.74, 6) is 2.31. The SMILES string of the molecule is C[C-](C(C)C)C(C)(C)C.[Cl-].[Mg+2]. The maximum Gasteiger partial charge on any atom is 2.00 e. The molecule has 0 atom stereocenters. The van der Waals surface area contributed by atoms with Crippen molar-refractivity contribution in [1.29, 1.82) is 0 Å². The van der Waals surface area contributed by atoms with Crippen LogP contribution in [0.15, 0.2) is 0 Å². The predicted molar refractivity (Wildman–Crippen MR) is 49.0 cm³/mol. The maximum atomic E-state index is 2.27. The molecule has 2 heteroatoms. The molecule has 0 amide bonds. The molecular weight excluding hydrogens is 168 g/mol. The molecule has 0 N–H and O–H groups in total. The van der Waals surface area contributed by atoms with Crippen LogP contribution in [0.5, 0.6) is 0 Å². The summed E-state index contributed by atoms with van der Waals surface area (Å²) in [5, 5.41) is 0. The normalized spacial score (nSPS) is 10.9. The summed E-state index contributed by atoms with van der Waals surface area (Å²) in [6.45, 7) is 13.5. The summed E-state index contributed by atoms with van der Waals surface area (Å²) in [4.78, 5) is 0. The second kappa shape index (κ2) is 6.56. The van der Waals surface area contributed by atoms with E-state index in [1.54, 1.807) is 5.92 Å². The first kappa shape index (κ1) is 18.0. The van der Waals surface area contributed by atoms with Crippen molar-refractivity contribution in [2.45, 2.75) is 41.5 Å². The van der Waals surface area contributed by atoms with Gasteiger partial charge in [-0.15, -0.1) is 0 Å². The van der Waals surface area contributed by atoms with Gasteiger partial charge in [-0.25, -0.2) is 0 Å². The summed E-state index contributed by atoms with van der Waals surface area (Å²) in [7, 11) is 0. The van der Waals surface area contributed by atoms with Crippen LogP contribution in [0.2, 0.25) is 0 Å². The minimum atomic E-state index is 0. The fraction of sp³-hybridized carbons (Fsp3) is 0.889. The molecule has 0 rings (SSSR count). The van der Waals surface area contributed by atoms with Crippen LogP contribution in [-0.2, 0) is 0 Å². The Kier molecular flexibility index (Phi) is 10.7. The van der Waals surface area contributed by atoms with E-state index in [1.807, 2.05) is 0 Å². The van der Waals surface area contributed by atoms with E-state index in [0.29, 0.717) is 5.41 Å². The van der Waals surface area contributed by atoms with Crippen molar-refractivity contribution in [2.75, 3.05) is 0 Å². The van der Waals surface area contributed by atoms with Gasteiger partial charge in [0.25, 0.3) is 0 Å². The Morgan fingerprint density at radius 2 is 1.36 bits per heavy atom. The molecule has 0 aliphatic carbocycles. The zero-order valence-corrected chi connectivity index (χ0v) is 10.8. The second-order valence-corrected chi connectivity index (χ2v) is 4.09. The molecule has 0 aromatic rings. The Hall–Kier alpha value is 1.06. The molecule has 0 fully saturated rings. The molecule has 0 nitrogen and oxygen atoms in total. The summed E-state index contributed by atoms with van der Waals surface area (Å²) in [6, 6.07) is 0. The summed E-state index contributed by atoms with van der Waals surface area (Å²) in [5.41, 5.74) is 0.397. The number of hydrogen-bond donors (Lipinski definition) is 0. The van der Waals surface area contributed by atoms with Crippen molar-refractivity contribution in [3.05, 3.63) is 5.92 Å². The monoisotopic (exact) mass is 186 g/mol. The van der Waals surface area contributed by atoms with E-state index in [1.165, 1.54) is 0 Å². The van der Waals surface area contributed by atoms with Crippen molar-refractivity contribution in [3.63, 3.8) is 0 Å². The quantitative estimate of drug-likeness (QED) is 0.397. The van der Waals surface area contributed by atoms with Gasteiger partial charge in [0.15, 0.2) is 0 Å². The predicted octanol–water partition coefficient (Wildman–Crippen LogP) is -0.0939. The van der Waals surface area contributed by atoms with Crippen molar-refractivity contribution < 1.29 is 12.4 Å². The van der Waals surface area contributed by atoms with Gasteiger partial charge in [0.05, 0.1) is 0 Å². The third kappa shape index (κ3) is 7.42. The van der Waals surface area contributed by atoms with Crippen molar-refractivity contribution in [2.24, 2.45) is 11.3 Å². The average molecular weight is 187 g/mol. The third-order valence-corrected chi connectivity index (χ3v) is 2.05. The molecule has 0 unspecified atom stereocenters. The standard InChI is InChI=1S/C9H19.ClH.Mg/c1-7(2)8(3)9(4,5)6;;/h7H,1-6H3;1H;/q-1;;+2/p-1. The van der Waals surface area contributed by atoms with E-state index < -0.39 is 0 Å². The van der Waals surface area contributed by atoms with Gasteiger partial charge < -0.3 is 18.3 Å². The van der Waals surface area contributed by atoms with Gasteiger partial charge in [-0.05, 0) is 0 Å². The van der Waals surface area contributed by atoms with Crippen LogP contribution in [0.3, 0.4) is 0 Å². The van der Waals surface area contributed by atoms with Gasteiger partial charge in [-0.2, -0.15) is 18.3 Å². The Balaban J connectivity index is -0.000000320. The van der Waals surface area contributed by atoms with Crippen molar-refractivity contribution in [1.82, 2.24) is 0 Å². The Bertz CT molecular complexity index is 84.1. The molecule has 0 aliphatic heterocycles. The van der Waals surface area contributed by atoms with Crippen LogP contribution in [0.1, 0.15) is 41.5 Å².